The van der Waals surface area contributed by atoms with Crippen LogP contribution in [0, 0.1) is 13.8 Å². The molecule has 2 aromatic heterocycles. The largest absolute Gasteiger partial charge is 0.497 e. The third-order valence-corrected chi connectivity index (χ3v) is 10.8. The van der Waals surface area contributed by atoms with Crippen LogP contribution >= 0.6 is 47.8 Å². The van der Waals surface area contributed by atoms with E-state index in [0.717, 1.165) is 47.2 Å². The predicted molar refractivity (Wildman–Crippen MR) is 243 cm³/mol. The zero-order valence-electron chi connectivity index (χ0n) is 35.1. The average molecular weight is 1070 g/mol. The molecular weight excluding hydrogens is 1030 g/mol. The molecule has 1 N–H and O–H groups in total. The minimum absolute atomic E-state index is 0.110. The minimum atomic E-state index is -4.48. The molecule has 17 heteroatoms. The summed E-state index contributed by atoms with van der Waals surface area (Å²) in [4.78, 5) is 9.78. The summed E-state index contributed by atoms with van der Waals surface area (Å²) in [6.07, 6.45) is -8.85. The zero-order chi connectivity index (χ0) is 46.3. The van der Waals surface area contributed by atoms with Gasteiger partial charge in [-0.15, -0.1) is 0 Å². The molecule has 4 aromatic carbocycles. The summed E-state index contributed by atoms with van der Waals surface area (Å²) in [7, 11) is 6.54. The highest BCUT2D eigenvalue weighted by molar-refractivity contribution is 9.11. The Morgan fingerprint density at radius 3 is 1.11 bits per heavy atom. The van der Waals surface area contributed by atoms with Crippen molar-refractivity contribution in [2.75, 3.05) is 33.3 Å². The Bertz CT molecular complexity index is 2210. The number of benzene rings is 4. The lowest BCUT2D eigenvalue weighted by atomic mass is 10.1. The van der Waals surface area contributed by atoms with Crippen molar-refractivity contribution in [1.82, 2.24) is 15.3 Å². The number of hydrogen-bond acceptors (Lipinski definition) is 8. The van der Waals surface area contributed by atoms with E-state index in [1.165, 1.54) is 37.1 Å². The molecule has 2 heterocycles. The standard InChI is InChI=1S/C23H22BrF3N2O2.C16H19NO2.C7H4Br2F3N/c1-15-12-20(28-22(24)21(15)23(25,26)27)29(13-16-4-8-18(30-2)9-5-16)14-17-6-10-19(31-3)11-7-17;1-18-15-7-3-13(4-8-15)11-17-12-14-5-9-16(19-2)10-6-14;1-3-2-4(8)13-6(9)5(3)7(10,11)12/h4-12H,13-14H2,1-3H3;3-10,17H,11-12H2,1-2H3;2H,1H3. The van der Waals surface area contributed by atoms with E-state index < -0.39 is 23.5 Å². The van der Waals surface area contributed by atoms with E-state index in [-0.39, 0.29) is 20.3 Å². The lowest BCUT2D eigenvalue weighted by Crippen LogP contribution is -2.24. The number of alkyl halides is 6. The molecule has 0 aliphatic heterocycles. The summed E-state index contributed by atoms with van der Waals surface area (Å²) < 4.78 is 97.8. The number of anilines is 1. The molecule has 0 saturated heterocycles. The molecule has 0 fully saturated rings. The maximum absolute atomic E-state index is 13.4. The van der Waals surface area contributed by atoms with Crippen molar-refractivity contribution >= 4 is 53.6 Å². The summed E-state index contributed by atoms with van der Waals surface area (Å²) in [6, 6.07) is 34.1. The second-order valence-electron chi connectivity index (χ2n) is 13.7. The molecule has 63 heavy (non-hydrogen) atoms. The Hall–Kier alpha value is -4.84. The first-order chi connectivity index (χ1) is 29.8. The van der Waals surface area contributed by atoms with Gasteiger partial charge in [0.05, 0.1) is 39.6 Å². The highest BCUT2D eigenvalue weighted by atomic mass is 79.9. The van der Waals surface area contributed by atoms with Crippen molar-refractivity contribution in [2.45, 2.75) is 52.4 Å². The van der Waals surface area contributed by atoms with Gasteiger partial charge in [-0.25, -0.2) is 9.97 Å². The zero-order valence-corrected chi connectivity index (χ0v) is 39.9. The molecule has 0 atom stereocenters. The van der Waals surface area contributed by atoms with Gasteiger partial charge in [-0.2, -0.15) is 26.3 Å². The van der Waals surface area contributed by atoms with Crippen LogP contribution in [0.25, 0.3) is 0 Å². The van der Waals surface area contributed by atoms with E-state index in [9.17, 15) is 26.3 Å². The maximum Gasteiger partial charge on any atom is 0.419 e. The number of pyridine rings is 2. The van der Waals surface area contributed by atoms with Crippen LogP contribution in [-0.4, -0.2) is 38.4 Å². The summed E-state index contributed by atoms with van der Waals surface area (Å²) in [5, 5.41) is 3.41. The molecule has 6 rings (SSSR count). The third-order valence-electron chi connectivity index (χ3n) is 9.23. The molecule has 0 aliphatic rings. The average Bonchev–Trinajstić information content (AvgIpc) is 3.23. The molecular formula is C46H45Br3F6N4O4. The summed E-state index contributed by atoms with van der Waals surface area (Å²) in [6.45, 7) is 5.43. The fourth-order valence-electron chi connectivity index (χ4n) is 6.01. The molecule has 0 unspecified atom stereocenters. The van der Waals surface area contributed by atoms with Crippen molar-refractivity contribution in [3.05, 3.63) is 168 Å². The minimum Gasteiger partial charge on any atom is -0.497 e. The number of methoxy groups -OCH3 is 4. The van der Waals surface area contributed by atoms with Gasteiger partial charge in [-0.3, -0.25) is 0 Å². The molecule has 0 aliphatic carbocycles. The van der Waals surface area contributed by atoms with Crippen molar-refractivity contribution in [3.8, 4) is 23.0 Å². The van der Waals surface area contributed by atoms with Crippen LogP contribution in [-0.2, 0) is 38.5 Å². The Morgan fingerprint density at radius 1 is 0.492 bits per heavy atom. The number of aryl methyl sites for hydroxylation is 2. The van der Waals surface area contributed by atoms with Crippen LogP contribution in [0.1, 0.15) is 44.5 Å². The van der Waals surface area contributed by atoms with Gasteiger partial charge in [-0.05, 0) is 156 Å². The topological polar surface area (TPSA) is 78.0 Å². The van der Waals surface area contributed by atoms with Crippen molar-refractivity contribution < 1.29 is 45.3 Å². The molecule has 8 nitrogen and oxygen atoms in total. The number of ether oxygens (including phenoxy) is 4. The van der Waals surface area contributed by atoms with Gasteiger partial charge < -0.3 is 29.2 Å². The quantitative estimate of drug-likeness (QED) is 0.0905. The van der Waals surface area contributed by atoms with Crippen molar-refractivity contribution in [2.24, 2.45) is 0 Å². The third kappa shape index (κ3) is 15.7. The first kappa shape index (κ1) is 50.8. The number of hydrogen-bond donors (Lipinski definition) is 1. The van der Waals surface area contributed by atoms with E-state index in [2.05, 4.69) is 87.3 Å². The summed E-state index contributed by atoms with van der Waals surface area (Å²) in [5.74, 6) is 3.69. The van der Waals surface area contributed by atoms with Gasteiger partial charge in [0.25, 0.3) is 0 Å². The monoisotopic (exact) mass is 1070 g/mol. The molecule has 0 amide bonds. The smallest absolute Gasteiger partial charge is 0.419 e. The van der Waals surface area contributed by atoms with E-state index in [4.69, 9.17) is 18.9 Å². The lowest BCUT2D eigenvalue weighted by Gasteiger charge is -2.26. The summed E-state index contributed by atoms with van der Waals surface area (Å²) >= 11 is 8.80. The normalized spacial score (nSPS) is 11.1. The van der Waals surface area contributed by atoms with Crippen LogP contribution in [0.15, 0.2) is 123 Å². The van der Waals surface area contributed by atoms with Crippen molar-refractivity contribution in [1.29, 1.82) is 0 Å². The maximum atomic E-state index is 13.4. The van der Waals surface area contributed by atoms with Gasteiger partial charge in [0.15, 0.2) is 0 Å². The Morgan fingerprint density at radius 2 is 0.810 bits per heavy atom. The second kappa shape index (κ2) is 23.7. The van der Waals surface area contributed by atoms with E-state index in [1.54, 1.807) is 28.4 Å². The second-order valence-corrected chi connectivity index (χ2v) is 16.1. The molecule has 0 radical (unpaired) electrons. The van der Waals surface area contributed by atoms with Gasteiger partial charge >= 0.3 is 12.4 Å². The number of nitrogens with one attached hydrogen (secondary N) is 1. The van der Waals surface area contributed by atoms with Crippen molar-refractivity contribution in [3.63, 3.8) is 0 Å². The van der Waals surface area contributed by atoms with Gasteiger partial charge in [0.2, 0.25) is 0 Å². The first-order valence-electron chi connectivity index (χ1n) is 19.0. The van der Waals surface area contributed by atoms with Gasteiger partial charge in [0, 0.05) is 26.2 Å². The highest BCUT2D eigenvalue weighted by Crippen LogP contribution is 2.39. The van der Waals surface area contributed by atoms with E-state index >= 15 is 0 Å². The molecule has 336 valence electrons. The fourth-order valence-corrected chi connectivity index (χ4v) is 8.22. The van der Waals surface area contributed by atoms with Crippen LogP contribution in [0.5, 0.6) is 23.0 Å². The van der Waals surface area contributed by atoms with Crippen LogP contribution in [0.4, 0.5) is 32.2 Å². The van der Waals surface area contributed by atoms with Gasteiger partial charge in [0.1, 0.15) is 42.6 Å². The van der Waals surface area contributed by atoms with Gasteiger partial charge in [-0.1, -0.05) is 48.5 Å². The number of aromatic nitrogens is 2. The van der Waals surface area contributed by atoms with E-state index in [0.29, 0.717) is 23.5 Å². The predicted octanol–water partition coefficient (Wildman–Crippen LogP) is 13.3. The molecule has 6 aromatic rings. The fraction of sp³-hybridized carbons (Fsp3) is 0.261. The summed E-state index contributed by atoms with van der Waals surface area (Å²) in [5.41, 5.74) is 3.21. The lowest BCUT2D eigenvalue weighted by molar-refractivity contribution is -0.139. The number of nitrogens with zero attached hydrogens (tertiary/aromatic N) is 3. The van der Waals surface area contributed by atoms with Crippen LogP contribution in [0.3, 0.4) is 0 Å². The highest BCUT2D eigenvalue weighted by Gasteiger charge is 2.37. The first-order valence-corrected chi connectivity index (χ1v) is 21.3. The van der Waals surface area contributed by atoms with Crippen LogP contribution in [0.2, 0.25) is 0 Å². The SMILES string of the molecule is COc1ccc(CN(Cc2ccc(OC)cc2)c2cc(C)c(C(F)(F)F)c(Br)n2)cc1.COc1ccc(CNCc2ccc(OC)cc2)cc1.Cc1cc(Br)nc(Br)c1C(F)(F)F. The number of halogens is 9. The Labute approximate surface area is 388 Å². The van der Waals surface area contributed by atoms with Crippen LogP contribution < -0.4 is 29.2 Å². The molecule has 0 saturated carbocycles. The number of rotatable bonds is 13. The molecule has 0 bridgehead atoms. The Balaban J connectivity index is 0.000000230. The molecule has 0 spiro atoms. The Kier molecular flexibility index (Phi) is 19.1. The van der Waals surface area contributed by atoms with E-state index in [1.807, 2.05) is 77.7 Å².